The monoisotopic (exact) mass is 493 g/mol. The third-order valence-corrected chi connectivity index (χ3v) is 6.37. The molecule has 0 radical (unpaired) electrons. The van der Waals surface area contributed by atoms with Gasteiger partial charge in [-0.15, -0.1) is 0 Å². The molecule has 1 N–H and O–H groups in total. The molecule has 0 aromatic heterocycles. The van der Waals surface area contributed by atoms with Gasteiger partial charge in [-0.1, -0.05) is 68.1 Å². The number of carboxylic acid groups (broad SMARTS) is 1. The molecule has 3 atom stereocenters. The van der Waals surface area contributed by atoms with Gasteiger partial charge in [-0.3, -0.25) is 14.5 Å². The van der Waals surface area contributed by atoms with Gasteiger partial charge >= 0.3 is 18.0 Å². The topological polar surface area (TPSA) is 110 Å². The third kappa shape index (κ3) is 6.19. The molecular weight excluding hydrogens is 462 g/mol. The number of amides is 1. The van der Waals surface area contributed by atoms with Gasteiger partial charge < -0.3 is 14.6 Å². The maximum absolute atomic E-state index is 13.5. The van der Waals surface area contributed by atoms with Gasteiger partial charge in [0.15, 0.2) is 5.78 Å². The van der Waals surface area contributed by atoms with Crippen LogP contribution >= 0.6 is 0 Å². The Balaban J connectivity index is 1.90. The lowest BCUT2D eigenvalue weighted by atomic mass is 9.82. The quantitative estimate of drug-likeness (QED) is 0.381. The highest BCUT2D eigenvalue weighted by Gasteiger charge is 2.52. The molecule has 36 heavy (non-hydrogen) atoms. The molecule has 2 aromatic carbocycles. The Morgan fingerprint density at radius 1 is 0.972 bits per heavy atom. The first-order valence-electron chi connectivity index (χ1n) is 11.9. The smallest absolute Gasteiger partial charge is 0.410 e. The highest BCUT2D eigenvalue weighted by molar-refractivity contribution is 6.00. The predicted octanol–water partition coefficient (Wildman–Crippen LogP) is 4.58. The molecule has 3 rings (SSSR count). The number of aliphatic carboxylic acids is 1. The van der Waals surface area contributed by atoms with Crippen molar-refractivity contribution in [3.05, 3.63) is 77.9 Å². The molecule has 1 aliphatic heterocycles. The van der Waals surface area contributed by atoms with Crippen molar-refractivity contribution in [1.82, 2.24) is 4.90 Å². The van der Waals surface area contributed by atoms with Crippen molar-refractivity contribution >= 4 is 29.4 Å². The van der Waals surface area contributed by atoms with E-state index in [9.17, 15) is 24.3 Å². The average Bonchev–Trinajstić information content (AvgIpc) is 3.25. The Morgan fingerprint density at radius 3 is 2.19 bits per heavy atom. The lowest BCUT2D eigenvalue weighted by molar-refractivity contribution is -0.150. The molecule has 1 fully saturated rings. The second-order valence-electron chi connectivity index (χ2n) is 8.66. The van der Waals surface area contributed by atoms with Crippen molar-refractivity contribution < 1.29 is 33.8 Å². The summed E-state index contributed by atoms with van der Waals surface area (Å²) in [5, 5.41) is 9.57. The first-order valence-corrected chi connectivity index (χ1v) is 11.9. The molecule has 2 aromatic rings. The van der Waals surface area contributed by atoms with Crippen LogP contribution < -0.4 is 0 Å². The minimum Gasteiger partial charge on any atom is -0.481 e. The second kappa shape index (κ2) is 12.2. The van der Waals surface area contributed by atoms with Gasteiger partial charge in [0.25, 0.3) is 0 Å². The number of carboxylic acids is 1. The SMILES string of the molecule is C=C(CC)c1ccc(C(=O)[C@H]2CN(C(=O)OCc3ccccc3)[C@H](C(=O)OCC)[C@H]2CC(=O)O)cc1. The predicted molar refractivity (Wildman–Crippen MR) is 133 cm³/mol. The molecule has 8 heteroatoms. The number of ketones is 1. The number of nitrogens with zero attached hydrogens (tertiary/aromatic N) is 1. The lowest BCUT2D eigenvalue weighted by Gasteiger charge is -2.25. The molecule has 0 bridgehead atoms. The zero-order valence-electron chi connectivity index (χ0n) is 20.5. The van der Waals surface area contributed by atoms with Gasteiger partial charge in [0.2, 0.25) is 0 Å². The van der Waals surface area contributed by atoms with E-state index >= 15 is 0 Å². The van der Waals surface area contributed by atoms with Gasteiger partial charge in [0.05, 0.1) is 13.0 Å². The molecule has 0 spiro atoms. The number of carbonyl (C=O) groups is 4. The van der Waals surface area contributed by atoms with Gasteiger partial charge in [0.1, 0.15) is 12.6 Å². The van der Waals surface area contributed by atoms with E-state index < -0.39 is 42.3 Å². The Kier molecular flexibility index (Phi) is 9.00. The zero-order chi connectivity index (χ0) is 26.2. The molecule has 1 heterocycles. The van der Waals surface area contributed by atoms with Crippen molar-refractivity contribution in [2.45, 2.75) is 39.3 Å². The number of carbonyl (C=O) groups excluding carboxylic acids is 3. The van der Waals surface area contributed by atoms with Crippen LogP contribution in [0.15, 0.2) is 61.2 Å². The number of likely N-dealkylation sites (tertiary alicyclic amines) is 1. The number of hydrogen-bond donors (Lipinski definition) is 1. The van der Waals surface area contributed by atoms with Gasteiger partial charge in [-0.2, -0.15) is 0 Å². The Morgan fingerprint density at radius 2 is 1.61 bits per heavy atom. The number of Topliss-reactive ketones (excluding diaryl/α,β-unsaturated/α-hetero) is 1. The van der Waals surface area contributed by atoms with E-state index in [1.807, 2.05) is 13.0 Å². The summed E-state index contributed by atoms with van der Waals surface area (Å²) in [4.78, 5) is 52.3. The number of hydrogen-bond acceptors (Lipinski definition) is 6. The van der Waals surface area contributed by atoms with Crippen LogP contribution in [0.4, 0.5) is 4.79 Å². The minimum atomic E-state index is -1.25. The summed E-state index contributed by atoms with van der Waals surface area (Å²) in [6, 6.07) is 14.7. The summed E-state index contributed by atoms with van der Waals surface area (Å²) in [7, 11) is 0. The first-order chi connectivity index (χ1) is 17.3. The summed E-state index contributed by atoms with van der Waals surface area (Å²) >= 11 is 0. The third-order valence-electron chi connectivity index (χ3n) is 6.37. The summed E-state index contributed by atoms with van der Waals surface area (Å²) in [6.45, 7) is 7.45. The number of allylic oxidation sites excluding steroid dienone is 1. The van der Waals surface area contributed by atoms with E-state index in [0.717, 1.165) is 28.0 Å². The Hall–Kier alpha value is -3.94. The fourth-order valence-electron chi connectivity index (χ4n) is 4.45. The van der Waals surface area contributed by atoms with Crippen molar-refractivity contribution in [3.63, 3.8) is 0 Å². The van der Waals surface area contributed by atoms with Crippen molar-refractivity contribution in [1.29, 1.82) is 0 Å². The summed E-state index contributed by atoms with van der Waals surface area (Å²) in [6.07, 6.45) is -0.525. The molecule has 0 saturated carbocycles. The molecule has 1 aliphatic rings. The molecule has 1 amide bonds. The average molecular weight is 494 g/mol. The van der Waals surface area contributed by atoms with E-state index in [0.29, 0.717) is 5.56 Å². The molecule has 8 nitrogen and oxygen atoms in total. The fourth-order valence-corrected chi connectivity index (χ4v) is 4.45. The van der Waals surface area contributed by atoms with Crippen LogP contribution in [-0.2, 0) is 25.7 Å². The maximum atomic E-state index is 13.5. The highest BCUT2D eigenvalue weighted by atomic mass is 16.6. The maximum Gasteiger partial charge on any atom is 0.410 e. The van der Waals surface area contributed by atoms with Gasteiger partial charge in [-0.05, 0) is 30.0 Å². The molecule has 1 saturated heterocycles. The van der Waals surface area contributed by atoms with E-state index in [2.05, 4.69) is 6.58 Å². The van der Waals surface area contributed by atoms with E-state index in [1.54, 1.807) is 55.5 Å². The molecule has 0 aliphatic carbocycles. The molecule has 190 valence electrons. The first kappa shape index (κ1) is 26.7. The Bertz CT molecular complexity index is 1110. The van der Waals surface area contributed by atoms with Gasteiger partial charge in [-0.25, -0.2) is 9.59 Å². The lowest BCUT2D eigenvalue weighted by Crippen LogP contribution is -2.45. The van der Waals surface area contributed by atoms with Crippen LogP contribution in [0.3, 0.4) is 0 Å². The largest absolute Gasteiger partial charge is 0.481 e. The van der Waals surface area contributed by atoms with E-state index in [4.69, 9.17) is 9.47 Å². The van der Waals surface area contributed by atoms with Crippen LogP contribution in [0.5, 0.6) is 0 Å². The second-order valence-corrected chi connectivity index (χ2v) is 8.66. The van der Waals surface area contributed by atoms with E-state index in [1.165, 1.54) is 0 Å². The summed E-state index contributed by atoms with van der Waals surface area (Å²) < 4.78 is 10.6. The number of ether oxygens (including phenoxy) is 2. The number of esters is 1. The summed E-state index contributed by atoms with van der Waals surface area (Å²) in [5.41, 5.74) is 2.94. The van der Waals surface area contributed by atoms with Crippen LogP contribution in [0.25, 0.3) is 5.57 Å². The normalized spacial score (nSPS) is 18.9. The fraction of sp³-hybridized carbons (Fsp3) is 0.357. The minimum absolute atomic E-state index is 0.0310. The molecule has 0 unspecified atom stereocenters. The summed E-state index contributed by atoms with van der Waals surface area (Å²) in [5.74, 6) is -4.17. The Labute approximate surface area is 210 Å². The standard InChI is InChI=1S/C28H31NO7/c1-4-18(3)20-11-13-21(14-12-20)26(32)23-16-29(28(34)36-17-19-9-7-6-8-10-19)25(27(33)35-5-2)22(23)15-24(30)31/h6-14,22-23,25H,3-5,15-17H2,1-2H3,(H,30,31)/t22-,23-,25-/m0/s1. The van der Waals surface area contributed by atoms with Crippen molar-refractivity contribution in [3.8, 4) is 0 Å². The van der Waals surface area contributed by atoms with Crippen LogP contribution in [-0.4, -0.2) is 53.0 Å². The van der Waals surface area contributed by atoms with Crippen LogP contribution in [0, 0.1) is 11.8 Å². The van der Waals surface area contributed by atoms with Crippen molar-refractivity contribution in [2.75, 3.05) is 13.2 Å². The zero-order valence-corrected chi connectivity index (χ0v) is 20.5. The highest BCUT2D eigenvalue weighted by Crippen LogP contribution is 2.36. The van der Waals surface area contributed by atoms with E-state index in [-0.39, 0.29) is 25.5 Å². The van der Waals surface area contributed by atoms with Gasteiger partial charge in [0, 0.05) is 23.9 Å². The number of benzene rings is 2. The molecular formula is C28H31NO7. The van der Waals surface area contributed by atoms with Crippen LogP contribution in [0.2, 0.25) is 0 Å². The number of rotatable bonds is 10. The van der Waals surface area contributed by atoms with Crippen LogP contribution in [0.1, 0.15) is 48.2 Å². The van der Waals surface area contributed by atoms with Crippen molar-refractivity contribution in [2.24, 2.45) is 11.8 Å².